The molecule has 150 valence electrons. The molecule has 0 saturated carbocycles. The summed E-state index contributed by atoms with van der Waals surface area (Å²) in [5.41, 5.74) is 2.51. The molecule has 0 unspecified atom stereocenters. The normalized spacial score (nSPS) is 10.6. The molecule has 0 aliphatic heterocycles. The van der Waals surface area contributed by atoms with E-state index in [0.29, 0.717) is 5.69 Å². The largest absolute Gasteiger partial charge is 0.323 e. The highest BCUT2D eigenvalue weighted by atomic mass is 32.1. The third-order valence-electron chi connectivity index (χ3n) is 4.22. The number of halogens is 3. The van der Waals surface area contributed by atoms with Gasteiger partial charge < -0.3 is 10.6 Å². The summed E-state index contributed by atoms with van der Waals surface area (Å²) in [6.45, 7) is 0. The number of nitrogens with one attached hydrogen (secondary N) is 2. The average molecular weight is 425 g/mol. The van der Waals surface area contributed by atoms with Gasteiger partial charge in [-0.15, -0.1) is 11.3 Å². The van der Waals surface area contributed by atoms with E-state index >= 15 is 0 Å². The Morgan fingerprint density at radius 1 is 0.833 bits per heavy atom. The molecule has 0 bridgehead atoms. The first-order valence-electron chi connectivity index (χ1n) is 8.84. The van der Waals surface area contributed by atoms with Crippen molar-refractivity contribution in [1.82, 2.24) is 4.98 Å². The summed E-state index contributed by atoms with van der Waals surface area (Å²) in [6, 6.07) is 17.6. The highest BCUT2D eigenvalue weighted by Gasteiger charge is 2.15. The predicted octanol–water partition coefficient (Wildman–Crippen LogP) is 6.54. The molecule has 4 nitrogen and oxygen atoms in total. The second-order valence-electron chi connectivity index (χ2n) is 6.29. The maximum absolute atomic E-state index is 13.7. The number of amides is 2. The third kappa shape index (κ3) is 4.18. The molecule has 0 fully saturated rings. The van der Waals surface area contributed by atoms with Crippen molar-refractivity contribution in [2.24, 2.45) is 0 Å². The number of anilines is 2. The number of benzene rings is 3. The summed E-state index contributed by atoms with van der Waals surface area (Å²) in [7, 11) is 0. The van der Waals surface area contributed by atoms with Gasteiger partial charge in [0.05, 0.1) is 11.4 Å². The Labute approximate surface area is 174 Å². The average Bonchev–Trinajstić information content (AvgIpc) is 3.25. The summed E-state index contributed by atoms with van der Waals surface area (Å²) < 4.78 is 40.0. The van der Waals surface area contributed by atoms with E-state index in [1.807, 2.05) is 41.8 Å². The van der Waals surface area contributed by atoms with Gasteiger partial charge in [0, 0.05) is 22.2 Å². The van der Waals surface area contributed by atoms with Crippen LogP contribution in [-0.2, 0) is 0 Å². The van der Waals surface area contributed by atoms with Crippen LogP contribution in [-0.4, -0.2) is 11.0 Å². The molecule has 2 N–H and O–H groups in total. The molecule has 4 rings (SSSR count). The van der Waals surface area contributed by atoms with Gasteiger partial charge in [-0.3, -0.25) is 0 Å². The van der Waals surface area contributed by atoms with Crippen LogP contribution in [0.25, 0.3) is 21.8 Å². The van der Waals surface area contributed by atoms with E-state index in [1.165, 1.54) is 11.3 Å². The number of thiazole rings is 1. The molecule has 1 aromatic heterocycles. The van der Waals surface area contributed by atoms with Crippen LogP contribution in [0.3, 0.4) is 0 Å². The molecule has 0 aliphatic carbocycles. The van der Waals surface area contributed by atoms with Crippen molar-refractivity contribution in [2.45, 2.75) is 0 Å². The van der Waals surface area contributed by atoms with Crippen LogP contribution in [0.2, 0.25) is 0 Å². The monoisotopic (exact) mass is 425 g/mol. The molecule has 0 aliphatic rings. The van der Waals surface area contributed by atoms with Gasteiger partial charge in [-0.05, 0) is 24.3 Å². The predicted molar refractivity (Wildman–Crippen MR) is 112 cm³/mol. The minimum absolute atomic E-state index is 0.433. The topological polar surface area (TPSA) is 54.0 Å². The highest BCUT2D eigenvalue weighted by Crippen LogP contribution is 2.30. The van der Waals surface area contributed by atoms with Crippen LogP contribution >= 0.6 is 11.3 Å². The maximum Gasteiger partial charge on any atom is 0.323 e. The zero-order valence-corrected chi connectivity index (χ0v) is 16.1. The van der Waals surface area contributed by atoms with E-state index in [-0.39, 0.29) is 0 Å². The van der Waals surface area contributed by atoms with Crippen LogP contribution in [0, 0.1) is 17.5 Å². The molecule has 0 saturated heterocycles. The minimum Gasteiger partial charge on any atom is -0.308 e. The fourth-order valence-corrected chi connectivity index (χ4v) is 3.62. The van der Waals surface area contributed by atoms with E-state index in [2.05, 4.69) is 15.6 Å². The van der Waals surface area contributed by atoms with Crippen molar-refractivity contribution in [3.05, 3.63) is 89.6 Å². The number of urea groups is 1. The number of hydrogen-bond acceptors (Lipinski definition) is 3. The molecule has 8 heteroatoms. The second-order valence-corrected chi connectivity index (χ2v) is 7.14. The first-order valence-corrected chi connectivity index (χ1v) is 9.72. The molecule has 3 aromatic carbocycles. The van der Waals surface area contributed by atoms with Gasteiger partial charge in [0.15, 0.2) is 17.5 Å². The molecular formula is C22H14F3N3OS. The molecule has 0 radical (unpaired) electrons. The van der Waals surface area contributed by atoms with Gasteiger partial charge in [0.1, 0.15) is 5.01 Å². The Morgan fingerprint density at radius 3 is 2.40 bits per heavy atom. The Bertz CT molecular complexity index is 1210. The molecule has 0 atom stereocenters. The molecule has 4 aromatic rings. The summed E-state index contributed by atoms with van der Waals surface area (Å²) in [6.07, 6.45) is 0. The van der Waals surface area contributed by atoms with Crippen LogP contribution < -0.4 is 10.6 Å². The summed E-state index contributed by atoms with van der Waals surface area (Å²) >= 11 is 1.50. The van der Waals surface area contributed by atoms with E-state index in [0.717, 1.165) is 34.0 Å². The number of hydrogen-bond donors (Lipinski definition) is 2. The Kier molecular flexibility index (Phi) is 5.49. The quantitative estimate of drug-likeness (QED) is 0.365. The molecule has 0 spiro atoms. The zero-order valence-electron chi connectivity index (χ0n) is 15.3. The van der Waals surface area contributed by atoms with Crippen molar-refractivity contribution < 1.29 is 18.0 Å². The molecule has 1 heterocycles. The Balaban J connectivity index is 1.50. The molecule has 30 heavy (non-hydrogen) atoms. The van der Waals surface area contributed by atoms with Gasteiger partial charge in [0.25, 0.3) is 0 Å². The summed E-state index contributed by atoms with van der Waals surface area (Å²) in [5, 5.41) is 7.50. The summed E-state index contributed by atoms with van der Waals surface area (Å²) in [5.74, 6) is -4.44. The van der Waals surface area contributed by atoms with Gasteiger partial charge in [-0.25, -0.2) is 22.9 Å². The third-order valence-corrected chi connectivity index (χ3v) is 5.12. The van der Waals surface area contributed by atoms with E-state index < -0.39 is 29.2 Å². The number of rotatable bonds is 4. The van der Waals surface area contributed by atoms with Crippen molar-refractivity contribution >= 4 is 28.7 Å². The number of nitrogens with zero attached hydrogens (tertiary/aromatic N) is 1. The lowest BCUT2D eigenvalue weighted by molar-refractivity contribution is 0.262. The summed E-state index contributed by atoms with van der Waals surface area (Å²) in [4.78, 5) is 16.8. The van der Waals surface area contributed by atoms with Gasteiger partial charge in [0.2, 0.25) is 0 Å². The van der Waals surface area contributed by atoms with Crippen LogP contribution in [0.5, 0.6) is 0 Å². The second kappa shape index (κ2) is 8.38. The number of carbonyl (C=O) groups excluding carboxylic acids is 1. The van der Waals surface area contributed by atoms with Gasteiger partial charge in [-0.1, -0.05) is 42.5 Å². The molecule has 2 amide bonds. The van der Waals surface area contributed by atoms with Crippen molar-refractivity contribution in [3.8, 4) is 21.8 Å². The van der Waals surface area contributed by atoms with Crippen molar-refractivity contribution in [1.29, 1.82) is 0 Å². The van der Waals surface area contributed by atoms with E-state index in [1.54, 1.807) is 18.2 Å². The first-order chi connectivity index (χ1) is 14.5. The lowest BCUT2D eigenvalue weighted by Crippen LogP contribution is -2.20. The Hall–Kier alpha value is -3.65. The Morgan fingerprint density at radius 2 is 1.60 bits per heavy atom. The minimum atomic E-state index is -1.65. The SMILES string of the molecule is O=C(Nc1cccc(-c2csc(-c3ccccc3)n2)c1)Nc1ccc(F)c(F)c1F. The molecular weight excluding hydrogens is 411 g/mol. The van der Waals surface area contributed by atoms with E-state index in [4.69, 9.17) is 0 Å². The van der Waals surface area contributed by atoms with Gasteiger partial charge >= 0.3 is 6.03 Å². The maximum atomic E-state index is 13.7. The smallest absolute Gasteiger partial charge is 0.308 e. The number of aromatic nitrogens is 1. The van der Waals surface area contributed by atoms with Crippen molar-refractivity contribution in [2.75, 3.05) is 10.6 Å². The first kappa shape index (κ1) is 19.7. The van der Waals surface area contributed by atoms with Crippen LogP contribution in [0.4, 0.5) is 29.3 Å². The standard InChI is InChI=1S/C22H14F3N3OS/c23-16-9-10-17(20(25)19(16)24)28-22(29)26-15-8-4-7-14(11-15)18-12-30-21(27-18)13-5-2-1-3-6-13/h1-12H,(H2,26,28,29). The van der Waals surface area contributed by atoms with Gasteiger partial charge in [-0.2, -0.15) is 0 Å². The van der Waals surface area contributed by atoms with Crippen molar-refractivity contribution in [3.63, 3.8) is 0 Å². The van der Waals surface area contributed by atoms with E-state index in [9.17, 15) is 18.0 Å². The highest BCUT2D eigenvalue weighted by molar-refractivity contribution is 7.13. The van der Waals surface area contributed by atoms with Crippen LogP contribution in [0.15, 0.2) is 72.1 Å². The lowest BCUT2D eigenvalue weighted by atomic mass is 10.1. The number of carbonyl (C=O) groups is 1. The zero-order chi connectivity index (χ0) is 21.1. The van der Waals surface area contributed by atoms with Crippen LogP contribution in [0.1, 0.15) is 0 Å². The fraction of sp³-hybridized carbons (Fsp3) is 0. The lowest BCUT2D eigenvalue weighted by Gasteiger charge is -2.10. The fourth-order valence-electron chi connectivity index (χ4n) is 2.78.